The van der Waals surface area contributed by atoms with Crippen LogP contribution in [0.25, 0.3) is 27.8 Å². The van der Waals surface area contributed by atoms with Crippen molar-refractivity contribution < 1.29 is 17.6 Å². The normalized spacial score (nSPS) is 12.2. The summed E-state index contributed by atoms with van der Waals surface area (Å²) in [6, 6.07) is 5.23. The lowest BCUT2D eigenvalue weighted by molar-refractivity contribution is -0.141. The minimum atomic E-state index is -4.64. The van der Waals surface area contributed by atoms with Crippen LogP contribution in [0.1, 0.15) is 11.4 Å². The average molecular weight is 346 g/mol. The van der Waals surface area contributed by atoms with Crippen molar-refractivity contribution in [2.24, 2.45) is 0 Å². The Kier molecular flexibility index (Phi) is 3.14. The highest BCUT2D eigenvalue weighted by atomic mass is 19.4. The van der Waals surface area contributed by atoms with Crippen LogP contribution in [-0.2, 0) is 6.18 Å². The molecule has 6 nitrogen and oxygen atoms in total. The van der Waals surface area contributed by atoms with Gasteiger partial charge in [-0.15, -0.1) is 0 Å². The predicted molar refractivity (Wildman–Crippen MR) is 82.4 cm³/mol. The summed E-state index contributed by atoms with van der Waals surface area (Å²) in [4.78, 5) is 24.5. The molecule has 4 aromatic rings. The number of alkyl halides is 3. The number of rotatable bonds is 1. The molecule has 25 heavy (non-hydrogen) atoms. The predicted octanol–water partition coefficient (Wildman–Crippen LogP) is 3.25. The first-order valence-corrected chi connectivity index (χ1v) is 7.16. The summed E-state index contributed by atoms with van der Waals surface area (Å²) in [5, 5.41) is 0.253. The minimum absolute atomic E-state index is 0.0114. The largest absolute Gasteiger partial charge is 0.442 e. The number of oxazole rings is 1. The number of hydrogen-bond acceptors (Lipinski definition) is 5. The zero-order valence-corrected chi connectivity index (χ0v) is 12.7. The molecule has 0 bridgehead atoms. The maximum absolute atomic E-state index is 13.1. The topological polar surface area (TPSA) is 73.8 Å². The van der Waals surface area contributed by atoms with Crippen molar-refractivity contribution in [1.82, 2.24) is 19.5 Å². The van der Waals surface area contributed by atoms with Crippen molar-refractivity contribution in [1.29, 1.82) is 0 Å². The first-order valence-electron chi connectivity index (χ1n) is 7.16. The lowest BCUT2D eigenvalue weighted by atomic mass is 10.2. The number of aryl methyl sites for hydroxylation is 1. The van der Waals surface area contributed by atoms with Crippen LogP contribution in [-0.4, -0.2) is 19.5 Å². The third kappa shape index (κ3) is 2.27. The Labute approximate surface area is 137 Å². The van der Waals surface area contributed by atoms with Crippen molar-refractivity contribution in [3.63, 3.8) is 0 Å². The standard InChI is InChI=1S/C16H9F3N4O2/c1-8-10(3-2-6-20-8)23-14-9(4-5-11(22-14)16(17,18)19)13-12(15(23)24)21-7-25-13/h2-7H,1H3. The summed E-state index contributed by atoms with van der Waals surface area (Å²) in [5.41, 5.74) is -0.994. The summed E-state index contributed by atoms with van der Waals surface area (Å²) in [6.07, 6.45) is -2.05. The van der Waals surface area contributed by atoms with Crippen LogP contribution >= 0.6 is 0 Å². The maximum Gasteiger partial charge on any atom is 0.433 e. The summed E-state index contributed by atoms with van der Waals surface area (Å²) in [7, 11) is 0. The van der Waals surface area contributed by atoms with Crippen LogP contribution in [0.15, 0.2) is 46.1 Å². The molecule has 4 rings (SSSR count). The van der Waals surface area contributed by atoms with E-state index in [9.17, 15) is 18.0 Å². The Bertz CT molecular complexity index is 1180. The van der Waals surface area contributed by atoms with Crippen molar-refractivity contribution in [2.75, 3.05) is 0 Å². The maximum atomic E-state index is 13.1. The quantitative estimate of drug-likeness (QED) is 0.529. The van der Waals surface area contributed by atoms with Gasteiger partial charge in [0.25, 0.3) is 5.56 Å². The van der Waals surface area contributed by atoms with Gasteiger partial charge >= 0.3 is 6.18 Å². The van der Waals surface area contributed by atoms with Gasteiger partial charge in [-0.05, 0) is 31.2 Å². The molecule has 0 aliphatic carbocycles. The number of fused-ring (bicyclic) bond motifs is 3. The smallest absolute Gasteiger partial charge is 0.433 e. The fraction of sp³-hybridized carbons (Fsp3) is 0.125. The van der Waals surface area contributed by atoms with E-state index in [0.29, 0.717) is 11.4 Å². The number of nitrogens with zero attached hydrogens (tertiary/aromatic N) is 4. The molecule has 0 spiro atoms. The molecular formula is C16H9F3N4O2. The third-order valence-electron chi connectivity index (χ3n) is 3.82. The second kappa shape index (κ2) is 5.13. The molecule has 0 saturated carbocycles. The SMILES string of the molecule is Cc1ncccc1-n1c(=O)c2ncoc2c2ccc(C(F)(F)F)nc21. The molecule has 0 aromatic carbocycles. The van der Waals surface area contributed by atoms with Gasteiger partial charge in [-0.3, -0.25) is 14.3 Å². The minimum Gasteiger partial charge on any atom is -0.442 e. The monoisotopic (exact) mass is 346 g/mol. The molecule has 0 atom stereocenters. The Balaban J connectivity index is 2.23. The Morgan fingerprint density at radius 1 is 1.16 bits per heavy atom. The summed E-state index contributed by atoms with van der Waals surface area (Å²) in [5.74, 6) is 0. The van der Waals surface area contributed by atoms with Crippen molar-refractivity contribution in [2.45, 2.75) is 13.1 Å². The van der Waals surface area contributed by atoms with E-state index in [1.165, 1.54) is 12.3 Å². The molecule has 4 heterocycles. The Morgan fingerprint density at radius 2 is 1.96 bits per heavy atom. The number of halogens is 3. The zero-order chi connectivity index (χ0) is 17.8. The van der Waals surface area contributed by atoms with Crippen LogP contribution in [0.4, 0.5) is 13.2 Å². The van der Waals surface area contributed by atoms with Gasteiger partial charge in [0, 0.05) is 6.20 Å². The van der Waals surface area contributed by atoms with E-state index >= 15 is 0 Å². The molecule has 126 valence electrons. The molecule has 0 N–H and O–H groups in total. The van der Waals surface area contributed by atoms with Crippen molar-refractivity contribution in [3.05, 3.63) is 58.6 Å². The summed E-state index contributed by atoms with van der Waals surface area (Å²) < 4.78 is 45.5. The van der Waals surface area contributed by atoms with E-state index in [0.717, 1.165) is 17.0 Å². The average Bonchev–Trinajstić information content (AvgIpc) is 3.05. The van der Waals surface area contributed by atoms with Crippen LogP contribution < -0.4 is 5.56 Å². The second-order valence-corrected chi connectivity index (χ2v) is 5.34. The second-order valence-electron chi connectivity index (χ2n) is 5.34. The lowest BCUT2D eigenvalue weighted by Gasteiger charge is -2.13. The summed E-state index contributed by atoms with van der Waals surface area (Å²) >= 11 is 0. The molecule has 0 radical (unpaired) electrons. The lowest BCUT2D eigenvalue weighted by Crippen LogP contribution is -2.22. The molecule has 0 unspecified atom stereocenters. The molecule has 0 saturated heterocycles. The van der Waals surface area contributed by atoms with Crippen LogP contribution in [0.3, 0.4) is 0 Å². The first kappa shape index (κ1) is 15.3. The molecule has 0 fully saturated rings. The third-order valence-corrected chi connectivity index (χ3v) is 3.82. The van der Waals surface area contributed by atoms with Crippen molar-refractivity contribution >= 4 is 22.1 Å². The zero-order valence-electron chi connectivity index (χ0n) is 12.7. The van der Waals surface area contributed by atoms with Gasteiger partial charge < -0.3 is 4.42 Å². The Hall–Kier alpha value is -3.23. The fourth-order valence-corrected chi connectivity index (χ4v) is 2.68. The van der Waals surface area contributed by atoms with E-state index < -0.39 is 17.4 Å². The number of pyridine rings is 3. The van der Waals surface area contributed by atoms with Gasteiger partial charge in [0.2, 0.25) is 0 Å². The van der Waals surface area contributed by atoms with Gasteiger partial charge in [-0.25, -0.2) is 9.97 Å². The molecule has 0 amide bonds. The van der Waals surface area contributed by atoms with Gasteiger partial charge in [0.15, 0.2) is 23.1 Å². The van der Waals surface area contributed by atoms with Crippen LogP contribution in [0.5, 0.6) is 0 Å². The number of aromatic nitrogens is 4. The number of hydrogen-bond donors (Lipinski definition) is 0. The highest BCUT2D eigenvalue weighted by Gasteiger charge is 2.33. The molecule has 0 aliphatic heterocycles. The molecule has 9 heteroatoms. The van der Waals surface area contributed by atoms with Gasteiger partial charge in [0.05, 0.1) is 16.8 Å². The van der Waals surface area contributed by atoms with E-state index in [1.54, 1.807) is 19.1 Å². The van der Waals surface area contributed by atoms with Gasteiger partial charge in [-0.2, -0.15) is 13.2 Å². The van der Waals surface area contributed by atoms with Crippen LogP contribution in [0.2, 0.25) is 0 Å². The van der Waals surface area contributed by atoms with Gasteiger partial charge in [0.1, 0.15) is 5.69 Å². The van der Waals surface area contributed by atoms with E-state index in [1.807, 2.05) is 0 Å². The highest BCUT2D eigenvalue weighted by Crippen LogP contribution is 2.31. The summed E-state index contributed by atoms with van der Waals surface area (Å²) in [6.45, 7) is 1.65. The highest BCUT2D eigenvalue weighted by molar-refractivity contribution is 5.99. The Morgan fingerprint density at radius 3 is 2.68 bits per heavy atom. The molecular weight excluding hydrogens is 337 g/mol. The molecule has 4 aromatic heterocycles. The molecule has 0 aliphatic rings. The van der Waals surface area contributed by atoms with Crippen LogP contribution in [0, 0.1) is 6.92 Å². The van der Waals surface area contributed by atoms with E-state index in [-0.39, 0.29) is 22.1 Å². The van der Waals surface area contributed by atoms with E-state index in [2.05, 4.69) is 15.0 Å². The first-order chi connectivity index (χ1) is 11.9. The van der Waals surface area contributed by atoms with E-state index in [4.69, 9.17) is 4.42 Å². The van der Waals surface area contributed by atoms with Crippen molar-refractivity contribution in [3.8, 4) is 5.69 Å². The fourth-order valence-electron chi connectivity index (χ4n) is 2.68. The van der Waals surface area contributed by atoms with Gasteiger partial charge in [-0.1, -0.05) is 0 Å².